The van der Waals surface area contributed by atoms with Gasteiger partial charge in [-0.1, -0.05) is 0 Å². The number of rotatable bonds is 4. The molecule has 2 fully saturated rings. The number of thiazole rings is 1. The van der Waals surface area contributed by atoms with Gasteiger partial charge in [0.25, 0.3) is 0 Å². The zero-order valence-corrected chi connectivity index (χ0v) is 12.7. The van der Waals surface area contributed by atoms with Crippen molar-refractivity contribution in [3.8, 4) is 0 Å². The number of piperidine rings is 1. The van der Waals surface area contributed by atoms with Gasteiger partial charge in [0.2, 0.25) is 0 Å². The van der Waals surface area contributed by atoms with E-state index in [2.05, 4.69) is 20.1 Å². The Kier molecular flexibility index (Phi) is 3.39. The lowest BCUT2D eigenvalue weighted by molar-refractivity contribution is 0.179. The number of nitrogens with zero attached hydrogens (tertiary/aromatic N) is 4. The smallest absolute Gasteiger partial charge is 0.298 e. The van der Waals surface area contributed by atoms with E-state index >= 15 is 0 Å². The molecule has 3 heterocycles. The molecule has 2 aromatic heterocycles. The van der Waals surface area contributed by atoms with E-state index in [1.165, 1.54) is 22.7 Å². The molecule has 2 aliphatic rings. The molecule has 0 spiro atoms. The molecule has 112 valence electrons. The SMILES string of the molecule is O=c1[nH]ncn1C1CCN(Cc2cnc(C3CC3)s2)CC1. The van der Waals surface area contributed by atoms with Crippen molar-refractivity contribution in [2.75, 3.05) is 13.1 Å². The lowest BCUT2D eigenvalue weighted by Gasteiger charge is -2.31. The third-order valence-corrected chi connectivity index (χ3v) is 5.55. The Morgan fingerprint density at radius 3 is 2.76 bits per heavy atom. The molecule has 1 aliphatic carbocycles. The Morgan fingerprint density at radius 1 is 1.29 bits per heavy atom. The monoisotopic (exact) mass is 305 g/mol. The van der Waals surface area contributed by atoms with E-state index in [9.17, 15) is 4.79 Å². The molecule has 0 radical (unpaired) electrons. The highest BCUT2D eigenvalue weighted by molar-refractivity contribution is 7.11. The molecule has 0 bridgehead atoms. The van der Waals surface area contributed by atoms with Gasteiger partial charge in [-0.15, -0.1) is 11.3 Å². The second-order valence-corrected chi connectivity index (χ2v) is 7.16. The lowest BCUT2D eigenvalue weighted by Crippen LogP contribution is -2.36. The van der Waals surface area contributed by atoms with Gasteiger partial charge < -0.3 is 0 Å². The molecule has 0 atom stereocenters. The lowest BCUT2D eigenvalue weighted by atomic mass is 10.1. The number of nitrogens with one attached hydrogen (secondary N) is 1. The van der Waals surface area contributed by atoms with Crippen LogP contribution in [0.15, 0.2) is 17.3 Å². The normalized spacial score (nSPS) is 21.0. The number of aromatic nitrogens is 4. The predicted octanol–water partition coefficient (Wildman–Crippen LogP) is 1.74. The summed E-state index contributed by atoms with van der Waals surface area (Å²) >= 11 is 1.88. The Morgan fingerprint density at radius 2 is 2.10 bits per heavy atom. The van der Waals surface area contributed by atoms with Crippen LogP contribution in [0.1, 0.15) is 47.5 Å². The molecule has 7 heteroatoms. The summed E-state index contributed by atoms with van der Waals surface area (Å²) in [5.41, 5.74) is -0.0926. The summed E-state index contributed by atoms with van der Waals surface area (Å²) in [5.74, 6) is 0.752. The summed E-state index contributed by atoms with van der Waals surface area (Å²) in [7, 11) is 0. The minimum absolute atomic E-state index is 0.0926. The predicted molar refractivity (Wildman–Crippen MR) is 80.5 cm³/mol. The first-order valence-corrected chi connectivity index (χ1v) is 8.40. The van der Waals surface area contributed by atoms with Crippen LogP contribution in [-0.2, 0) is 6.54 Å². The van der Waals surface area contributed by atoms with E-state index in [1.54, 1.807) is 10.9 Å². The molecule has 4 rings (SSSR count). The highest BCUT2D eigenvalue weighted by atomic mass is 32.1. The number of H-pyrrole nitrogens is 1. The van der Waals surface area contributed by atoms with Crippen LogP contribution in [0.3, 0.4) is 0 Å². The fourth-order valence-electron chi connectivity index (χ4n) is 3.01. The maximum absolute atomic E-state index is 11.6. The average Bonchev–Trinajstić information content (AvgIpc) is 3.10. The van der Waals surface area contributed by atoms with Crippen LogP contribution in [-0.4, -0.2) is 37.7 Å². The molecular weight excluding hydrogens is 286 g/mol. The van der Waals surface area contributed by atoms with Crippen LogP contribution >= 0.6 is 11.3 Å². The molecule has 6 nitrogen and oxygen atoms in total. The first kappa shape index (κ1) is 13.2. The topological polar surface area (TPSA) is 66.8 Å². The van der Waals surface area contributed by atoms with Crippen LogP contribution in [0.5, 0.6) is 0 Å². The van der Waals surface area contributed by atoms with Gasteiger partial charge in [-0.05, 0) is 25.7 Å². The van der Waals surface area contributed by atoms with Crippen LogP contribution < -0.4 is 5.69 Å². The van der Waals surface area contributed by atoms with Gasteiger partial charge in [-0.25, -0.2) is 14.9 Å². The van der Waals surface area contributed by atoms with Gasteiger partial charge in [0.15, 0.2) is 0 Å². The Labute approximate surface area is 126 Å². The van der Waals surface area contributed by atoms with Gasteiger partial charge in [0.1, 0.15) is 6.33 Å². The Bertz CT molecular complexity index is 663. The summed E-state index contributed by atoms with van der Waals surface area (Å²) in [6.45, 7) is 3.05. The van der Waals surface area contributed by atoms with Crippen molar-refractivity contribution in [3.05, 3.63) is 32.9 Å². The molecule has 1 N–H and O–H groups in total. The van der Waals surface area contributed by atoms with Gasteiger partial charge in [0, 0.05) is 42.7 Å². The first-order valence-electron chi connectivity index (χ1n) is 7.58. The van der Waals surface area contributed by atoms with E-state index in [-0.39, 0.29) is 11.7 Å². The van der Waals surface area contributed by atoms with Crippen molar-refractivity contribution in [1.82, 2.24) is 24.6 Å². The maximum atomic E-state index is 11.6. The van der Waals surface area contributed by atoms with E-state index in [0.29, 0.717) is 0 Å². The molecule has 21 heavy (non-hydrogen) atoms. The maximum Gasteiger partial charge on any atom is 0.343 e. The van der Waals surface area contributed by atoms with Crippen LogP contribution in [0.4, 0.5) is 0 Å². The van der Waals surface area contributed by atoms with E-state index in [1.807, 2.05) is 17.5 Å². The number of hydrogen-bond donors (Lipinski definition) is 1. The second-order valence-electron chi connectivity index (χ2n) is 6.02. The fraction of sp³-hybridized carbons (Fsp3) is 0.643. The van der Waals surface area contributed by atoms with Crippen LogP contribution in [0.2, 0.25) is 0 Å². The molecule has 1 saturated heterocycles. The van der Waals surface area contributed by atoms with E-state index in [4.69, 9.17) is 0 Å². The molecular formula is C14H19N5OS. The Balaban J connectivity index is 1.34. The summed E-state index contributed by atoms with van der Waals surface area (Å²) in [5, 5.41) is 7.61. The summed E-state index contributed by atoms with van der Waals surface area (Å²) in [6, 6.07) is 0.288. The molecule has 2 aromatic rings. The van der Waals surface area contributed by atoms with E-state index < -0.39 is 0 Å². The summed E-state index contributed by atoms with van der Waals surface area (Å²) < 4.78 is 1.73. The number of likely N-dealkylation sites (tertiary alicyclic amines) is 1. The van der Waals surface area contributed by atoms with Crippen molar-refractivity contribution in [3.63, 3.8) is 0 Å². The zero-order chi connectivity index (χ0) is 14.2. The third kappa shape index (κ3) is 2.80. The highest BCUT2D eigenvalue weighted by Gasteiger charge is 2.27. The first-order chi connectivity index (χ1) is 10.3. The average molecular weight is 305 g/mol. The van der Waals surface area contributed by atoms with Gasteiger partial charge in [-0.3, -0.25) is 9.47 Å². The van der Waals surface area contributed by atoms with Crippen molar-refractivity contribution in [2.45, 2.75) is 44.2 Å². The molecule has 0 aromatic carbocycles. The fourth-order valence-corrected chi connectivity index (χ4v) is 4.14. The molecule has 1 saturated carbocycles. The minimum atomic E-state index is -0.0926. The van der Waals surface area contributed by atoms with Crippen molar-refractivity contribution >= 4 is 11.3 Å². The number of hydrogen-bond acceptors (Lipinski definition) is 5. The van der Waals surface area contributed by atoms with E-state index in [0.717, 1.165) is 38.4 Å². The molecule has 1 aliphatic heterocycles. The van der Waals surface area contributed by atoms with Crippen LogP contribution in [0.25, 0.3) is 0 Å². The summed E-state index contributed by atoms with van der Waals surface area (Å²) in [6.07, 6.45) is 8.32. The summed E-state index contributed by atoms with van der Waals surface area (Å²) in [4.78, 5) is 20.0. The van der Waals surface area contributed by atoms with Gasteiger partial charge >= 0.3 is 5.69 Å². The standard InChI is InChI=1S/C14H19N5OS/c20-14-17-16-9-19(14)11-3-5-18(6-4-11)8-12-7-15-13(21-12)10-1-2-10/h7,9-11H,1-6,8H2,(H,17,20). The quantitative estimate of drug-likeness (QED) is 0.934. The Hall–Kier alpha value is -1.47. The second kappa shape index (κ2) is 5.38. The largest absolute Gasteiger partial charge is 0.343 e. The van der Waals surface area contributed by atoms with Gasteiger partial charge in [0.05, 0.1) is 5.01 Å². The van der Waals surface area contributed by atoms with Gasteiger partial charge in [-0.2, -0.15) is 5.10 Å². The van der Waals surface area contributed by atoms with Crippen LogP contribution in [0, 0.1) is 0 Å². The van der Waals surface area contributed by atoms with Crippen molar-refractivity contribution < 1.29 is 0 Å². The van der Waals surface area contributed by atoms with Crippen molar-refractivity contribution in [1.29, 1.82) is 0 Å². The minimum Gasteiger partial charge on any atom is -0.298 e. The molecule has 0 amide bonds. The van der Waals surface area contributed by atoms with Crippen molar-refractivity contribution in [2.24, 2.45) is 0 Å². The highest BCUT2D eigenvalue weighted by Crippen LogP contribution is 2.42. The molecule has 0 unspecified atom stereocenters. The number of aromatic amines is 1. The zero-order valence-electron chi connectivity index (χ0n) is 11.9. The third-order valence-electron chi connectivity index (χ3n) is 4.40.